The predicted octanol–water partition coefficient (Wildman–Crippen LogP) is 1.93. The van der Waals surface area contributed by atoms with Crippen molar-refractivity contribution in [2.45, 2.75) is 6.92 Å². The minimum Gasteiger partial charge on any atom is -0.461 e. The fourth-order valence-corrected chi connectivity index (χ4v) is 1.81. The first kappa shape index (κ1) is 11.5. The van der Waals surface area contributed by atoms with Crippen molar-refractivity contribution in [2.24, 2.45) is 0 Å². The molecule has 1 N–H and O–H groups in total. The van der Waals surface area contributed by atoms with Gasteiger partial charge < -0.3 is 9.72 Å². The topological polar surface area (TPSA) is 72.8 Å². The van der Waals surface area contributed by atoms with E-state index < -0.39 is 5.97 Å². The molecule has 2 heterocycles. The van der Waals surface area contributed by atoms with E-state index in [9.17, 15) is 4.79 Å². The number of carbonyl (C=O) groups is 1. The molecule has 0 fully saturated rings. The SMILES string of the molecule is CCOC(=O)c1cn(-c2nc3ccccc3[nH]2)cn1. The van der Waals surface area contributed by atoms with E-state index in [0.717, 1.165) is 11.0 Å². The van der Waals surface area contributed by atoms with Crippen LogP contribution in [0.4, 0.5) is 0 Å². The fourth-order valence-electron chi connectivity index (χ4n) is 1.81. The molecule has 6 nitrogen and oxygen atoms in total. The number of H-pyrrole nitrogens is 1. The molecule has 0 unspecified atom stereocenters. The molecule has 3 rings (SSSR count). The maximum atomic E-state index is 11.5. The van der Waals surface area contributed by atoms with Gasteiger partial charge in [0.1, 0.15) is 6.33 Å². The Kier molecular flexibility index (Phi) is 2.75. The molecule has 0 bridgehead atoms. The number of aromatic nitrogens is 4. The summed E-state index contributed by atoms with van der Waals surface area (Å²) in [6, 6.07) is 7.71. The molecule has 0 radical (unpaired) electrons. The first-order valence-corrected chi connectivity index (χ1v) is 5.94. The van der Waals surface area contributed by atoms with Gasteiger partial charge in [0.25, 0.3) is 0 Å². The minimum atomic E-state index is -0.433. The van der Waals surface area contributed by atoms with Crippen LogP contribution < -0.4 is 0 Å². The number of fused-ring (bicyclic) bond motifs is 1. The van der Waals surface area contributed by atoms with E-state index >= 15 is 0 Å². The van der Waals surface area contributed by atoms with Crippen molar-refractivity contribution in [3.05, 3.63) is 42.5 Å². The predicted molar refractivity (Wildman–Crippen MR) is 69.2 cm³/mol. The zero-order chi connectivity index (χ0) is 13.2. The molecule has 0 amide bonds. The summed E-state index contributed by atoms with van der Waals surface area (Å²) < 4.78 is 6.55. The Balaban J connectivity index is 1.96. The summed E-state index contributed by atoms with van der Waals surface area (Å²) >= 11 is 0. The number of nitrogens with zero attached hydrogens (tertiary/aromatic N) is 3. The van der Waals surface area contributed by atoms with Gasteiger partial charge in [0, 0.05) is 6.20 Å². The molecule has 0 saturated heterocycles. The van der Waals surface area contributed by atoms with Crippen LogP contribution in [-0.4, -0.2) is 32.1 Å². The van der Waals surface area contributed by atoms with Crippen molar-refractivity contribution in [1.82, 2.24) is 19.5 Å². The lowest BCUT2D eigenvalue weighted by Crippen LogP contribution is -2.04. The lowest BCUT2D eigenvalue weighted by molar-refractivity contribution is 0.0520. The zero-order valence-electron chi connectivity index (χ0n) is 10.3. The Morgan fingerprint density at radius 1 is 1.42 bits per heavy atom. The maximum Gasteiger partial charge on any atom is 0.358 e. The lowest BCUT2D eigenvalue weighted by Gasteiger charge is -1.96. The van der Waals surface area contributed by atoms with Crippen molar-refractivity contribution in [2.75, 3.05) is 6.61 Å². The molecule has 0 aliphatic carbocycles. The van der Waals surface area contributed by atoms with Gasteiger partial charge in [-0.1, -0.05) is 12.1 Å². The van der Waals surface area contributed by atoms with E-state index in [2.05, 4.69) is 15.0 Å². The van der Waals surface area contributed by atoms with E-state index in [1.54, 1.807) is 17.7 Å². The number of esters is 1. The summed E-state index contributed by atoms with van der Waals surface area (Å²) in [5, 5.41) is 0. The van der Waals surface area contributed by atoms with Crippen molar-refractivity contribution in [3.8, 4) is 5.95 Å². The molecule has 1 aromatic carbocycles. The second-order valence-corrected chi connectivity index (χ2v) is 3.96. The smallest absolute Gasteiger partial charge is 0.358 e. The van der Waals surface area contributed by atoms with Gasteiger partial charge in [0.2, 0.25) is 5.95 Å². The molecule has 96 valence electrons. The van der Waals surface area contributed by atoms with Crippen LogP contribution in [0.5, 0.6) is 0 Å². The summed E-state index contributed by atoms with van der Waals surface area (Å²) in [6.07, 6.45) is 3.12. The Hall–Kier alpha value is -2.63. The molecule has 2 aromatic heterocycles. The van der Waals surface area contributed by atoms with Crippen molar-refractivity contribution < 1.29 is 9.53 Å². The van der Waals surface area contributed by atoms with Crippen LogP contribution in [0.1, 0.15) is 17.4 Å². The fraction of sp³-hybridized carbons (Fsp3) is 0.154. The minimum absolute atomic E-state index is 0.266. The second kappa shape index (κ2) is 4.56. The maximum absolute atomic E-state index is 11.5. The number of nitrogens with one attached hydrogen (secondary N) is 1. The third-order valence-electron chi connectivity index (χ3n) is 2.69. The van der Waals surface area contributed by atoms with Gasteiger partial charge in [-0.25, -0.2) is 14.8 Å². The van der Waals surface area contributed by atoms with Crippen molar-refractivity contribution >= 4 is 17.0 Å². The lowest BCUT2D eigenvalue weighted by atomic mass is 10.3. The summed E-state index contributed by atoms with van der Waals surface area (Å²) in [4.78, 5) is 23.1. The standard InChI is InChI=1S/C13H12N4O2/c1-2-19-12(18)11-7-17(8-14-11)13-15-9-5-3-4-6-10(9)16-13/h3-8H,2H2,1H3,(H,15,16). The van der Waals surface area contributed by atoms with Crippen LogP contribution in [0.3, 0.4) is 0 Å². The number of aromatic amines is 1. The van der Waals surface area contributed by atoms with Crippen molar-refractivity contribution in [1.29, 1.82) is 0 Å². The number of rotatable bonds is 3. The van der Waals surface area contributed by atoms with Crippen LogP contribution >= 0.6 is 0 Å². The van der Waals surface area contributed by atoms with Crippen LogP contribution in [0.2, 0.25) is 0 Å². The second-order valence-electron chi connectivity index (χ2n) is 3.96. The van der Waals surface area contributed by atoms with E-state index in [4.69, 9.17) is 4.74 Å². The van der Waals surface area contributed by atoms with Crippen molar-refractivity contribution in [3.63, 3.8) is 0 Å². The molecule has 0 atom stereocenters. The first-order valence-electron chi connectivity index (χ1n) is 5.94. The highest BCUT2D eigenvalue weighted by atomic mass is 16.5. The quantitative estimate of drug-likeness (QED) is 0.727. The molecule has 19 heavy (non-hydrogen) atoms. The summed E-state index contributed by atoms with van der Waals surface area (Å²) in [5.74, 6) is 0.182. The average Bonchev–Trinajstić information content (AvgIpc) is 3.05. The number of carbonyl (C=O) groups excluding carboxylic acids is 1. The molecule has 0 saturated carbocycles. The van der Waals surface area contributed by atoms with Gasteiger partial charge in [0.05, 0.1) is 17.6 Å². The number of hydrogen-bond donors (Lipinski definition) is 1. The Morgan fingerprint density at radius 2 is 2.26 bits per heavy atom. The molecular formula is C13H12N4O2. The van der Waals surface area contributed by atoms with Gasteiger partial charge in [0.15, 0.2) is 5.69 Å². The highest BCUT2D eigenvalue weighted by Gasteiger charge is 2.12. The summed E-state index contributed by atoms with van der Waals surface area (Å²) in [6.45, 7) is 2.09. The van der Waals surface area contributed by atoms with Crippen LogP contribution in [0.15, 0.2) is 36.8 Å². The van der Waals surface area contributed by atoms with E-state index in [-0.39, 0.29) is 5.69 Å². The Bertz CT molecular complexity index is 696. The summed E-state index contributed by atoms with van der Waals surface area (Å²) in [7, 11) is 0. The number of imidazole rings is 2. The third-order valence-corrected chi connectivity index (χ3v) is 2.69. The van der Waals surface area contributed by atoms with Gasteiger partial charge in [-0.05, 0) is 19.1 Å². The number of para-hydroxylation sites is 2. The van der Waals surface area contributed by atoms with Crippen LogP contribution in [0.25, 0.3) is 17.0 Å². The highest BCUT2D eigenvalue weighted by molar-refractivity contribution is 5.87. The van der Waals surface area contributed by atoms with Crippen LogP contribution in [0, 0.1) is 0 Å². The van der Waals surface area contributed by atoms with Crippen LogP contribution in [-0.2, 0) is 4.74 Å². The molecular weight excluding hydrogens is 244 g/mol. The molecule has 0 aliphatic heterocycles. The normalized spacial score (nSPS) is 10.8. The first-order chi connectivity index (χ1) is 9.28. The van der Waals surface area contributed by atoms with Gasteiger partial charge in [-0.2, -0.15) is 0 Å². The number of hydrogen-bond acceptors (Lipinski definition) is 4. The summed E-state index contributed by atoms with van der Waals surface area (Å²) in [5.41, 5.74) is 2.06. The highest BCUT2D eigenvalue weighted by Crippen LogP contribution is 2.13. The molecule has 3 aromatic rings. The number of ether oxygens (including phenoxy) is 1. The Morgan fingerprint density at radius 3 is 3.05 bits per heavy atom. The Labute approximate surface area is 109 Å². The van der Waals surface area contributed by atoms with Gasteiger partial charge in [-0.15, -0.1) is 0 Å². The molecule has 0 aliphatic rings. The van der Waals surface area contributed by atoms with Gasteiger partial charge in [-0.3, -0.25) is 4.57 Å². The molecule has 0 spiro atoms. The zero-order valence-corrected chi connectivity index (χ0v) is 10.3. The average molecular weight is 256 g/mol. The van der Waals surface area contributed by atoms with Gasteiger partial charge >= 0.3 is 5.97 Å². The van der Waals surface area contributed by atoms with E-state index in [1.165, 1.54) is 6.33 Å². The number of benzene rings is 1. The van der Waals surface area contributed by atoms with E-state index in [0.29, 0.717) is 12.6 Å². The monoisotopic (exact) mass is 256 g/mol. The third kappa shape index (κ3) is 2.08. The molecule has 6 heteroatoms. The largest absolute Gasteiger partial charge is 0.461 e. The van der Waals surface area contributed by atoms with E-state index in [1.807, 2.05) is 24.3 Å².